The minimum absolute atomic E-state index is 0.0921. The molecule has 1 fully saturated rings. The van der Waals surface area contributed by atoms with Crippen molar-refractivity contribution in [1.82, 2.24) is 25.5 Å². The van der Waals surface area contributed by atoms with Crippen LogP contribution in [-0.4, -0.2) is 37.9 Å². The topological polar surface area (TPSA) is 72.7 Å². The molecule has 2 aromatic rings. The molecule has 106 valence electrons. The van der Waals surface area contributed by atoms with Gasteiger partial charge in [-0.25, -0.2) is 4.68 Å². The highest BCUT2D eigenvalue weighted by atomic mass is 32.2. The fraction of sp³-hybridized carbons (Fsp3) is 0.500. The van der Waals surface area contributed by atoms with Gasteiger partial charge in [-0.3, -0.25) is 4.79 Å². The number of thioether (sulfide) groups is 1. The van der Waals surface area contributed by atoms with E-state index in [2.05, 4.69) is 26.9 Å². The van der Waals surface area contributed by atoms with E-state index in [4.69, 9.17) is 0 Å². The monoisotopic (exact) mass is 309 g/mol. The minimum atomic E-state index is -0.0921. The molecule has 0 aromatic carbocycles. The van der Waals surface area contributed by atoms with E-state index >= 15 is 0 Å². The van der Waals surface area contributed by atoms with Gasteiger partial charge >= 0.3 is 0 Å². The SMILES string of the molecule is O=C1NCCCCC1Sc1nnnn1Cc1cccs1. The van der Waals surface area contributed by atoms with Crippen LogP contribution in [0.4, 0.5) is 0 Å². The standard InChI is InChI=1S/C12H15N5OS2/c18-11-10(5-1-2-6-13-11)20-12-14-15-16-17(12)8-9-4-3-7-19-9/h3-4,7,10H,1-2,5-6,8H2,(H,13,18). The molecule has 1 atom stereocenters. The van der Waals surface area contributed by atoms with E-state index in [1.165, 1.54) is 16.6 Å². The molecule has 0 radical (unpaired) electrons. The van der Waals surface area contributed by atoms with Crippen LogP contribution in [0.1, 0.15) is 24.1 Å². The summed E-state index contributed by atoms with van der Waals surface area (Å²) in [7, 11) is 0. The molecule has 0 saturated carbocycles. The Morgan fingerprint density at radius 3 is 3.30 bits per heavy atom. The molecule has 1 saturated heterocycles. The van der Waals surface area contributed by atoms with Gasteiger partial charge in [-0.1, -0.05) is 24.2 Å². The summed E-state index contributed by atoms with van der Waals surface area (Å²) in [5.74, 6) is 0.0955. The Labute approximate surface area is 124 Å². The molecule has 1 unspecified atom stereocenters. The van der Waals surface area contributed by atoms with Crippen molar-refractivity contribution >= 4 is 29.0 Å². The Hall–Kier alpha value is -1.41. The molecule has 0 spiro atoms. The van der Waals surface area contributed by atoms with Crippen molar-refractivity contribution in [2.45, 2.75) is 36.2 Å². The van der Waals surface area contributed by atoms with Gasteiger partial charge in [0, 0.05) is 11.4 Å². The zero-order valence-corrected chi connectivity index (χ0v) is 12.5. The molecular weight excluding hydrogens is 294 g/mol. The first-order valence-corrected chi connectivity index (χ1v) is 8.32. The van der Waals surface area contributed by atoms with E-state index in [9.17, 15) is 4.79 Å². The molecule has 1 amide bonds. The molecule has 0 aliphatic carbocycles. The van der Waals surface area contributed by atoms with Crippen LogP contribution in [0.5, 0.6) is 0 Å². The van der Waals surface area contributed by atoms with Crippen LogP contribution < -0.4 is 5.32 Å². The van der Waals surface area contributed by atoms with Crippen LogP contribution in [0, 0.1) is 0 Å². The van der Waals surface area contributed by atoms with E-state index in [-0.39, 0.29) is 11.2 Å². The maximum atomic E-state index is 12.0. The van der Waals surface area contributed by atoms with Crippen LogP contribution >= 0.6 is 23.1 Å². The van der Waals surface area contributed by atoms with Crippen molar-refractivity contribution in [3.63, 3.8) is 0 Å². The molecule has 3 rings (SSSR count). The van der Waals surface area contributed by atoms with E-state index in [1.54, 1.807) is 16.0 Å². The number of hydrogen-bond acceptors (Lipinski definition) is 6. The average Bonchev–Trinajstić information content (AvgIpc) is 3.05. The number of thiophene rings is 1. The first kappa shape index (κ1) is 13.6. The second-order valence-corrected chi connectivity index (χ2v) is 6.79. The zero-order valence-electron chi connectivity index (χ0n) is 10.9. The largest absolute Gasteiger partial charge is 0.355 e. The maximum Gasteiger partial charge on any atom is 0.233 e. The zero-order chi connectivity index (χ0) is 13.8. The van der Waals surface area contributed by atoms with Crippen LogP contribution in [0.25, 0.3) is 0 Å². The number of aromatic nitrogens is 4. The second kappa shape index (κ2) is 6.36. The van der Waals surface area contributed by atoms with Gasteiger partial charge in [-0.2, -0.15) is 0 Å². The number of carbonyl (C=O) groups is 1. The normalized spacial score (nSPS) is 19.6. The molecule has 1 aliphatic heterocycles. The van der Waals surface area contributed by atoms with Gasteiger partial charge in [0.1, 0.15) is 0 Å². The number of hydrogen-bond donors (Lipinski definition) is 1. The summed E-state index contributed by atoms with van der Waals surface area (Å²) in [5, 5.41) is 17.4. The van der Waals surface area contributed by atoms with Crippen LogP contribution in [-0.2, 0) is 11.3 Å². The average molecular weight is 309 g/mol. The lowest BCUT2D eigenvalue weighted by molar-refractivity contribution is -0.120. The van der Waals surface area contributed by atoms with Crippen LogP contribution in [0.3, 0.4) is 0 Å². The van der Waals surface area contributed by atoms with Crippen molar-refractivity contribution in [3.8, 4) is 0 Å². The Kier molecular flexibility index (Phi) is 4.31. The lowest BCUT2D eigenvalue weighted by Gasteiger charge is -2.11. The molecule has 1 N–H and O–H groups in total. The van der Waals surface area contributed by atoms with E-state index < -0.39 is 0 Å². The van der Waals surface area contributed by atoms with Crippen LogP contribution in [0.15, 0.2) is 22.7 Å². The van der Waals surface area contributed by atoms with Gasteiger partial charge in [0.15, 0.2) is 0 Å². The predicted octanol–water partition coefficient (Wildman–Crippen LogP) is 1.54. The van der Waals surface area contributed by atoms with Crippen molar-refractivity contribution in [2.75, 3.05) is 6.54 Å². The molecular formula is C12H15N5OS2. The summed E-state index contributed by atoms with van der Waals surface area (Å²) in [6.07, 6.45) is 2.98. The summed E-state index contributed by atoms with van der Waals surface area (Å²) in [4.78, 5) is 13.2. The Bertz CT molecular complexity index is 568. The Morgan fingerprint density at radius 2 is 2.45 bits per heavy atom. The highest BCUT2D eigenvalue weighted by Gasteiger charge is 2.24. The molecule has 2 aromatic heterocycles. The molecule has 0 bridgehead atoms. The number of carbonyl (C=O) groups excluding carboxylic acids is 1. The van der Waals surface area contributed by atoms with Gasteiger partial charge in [-0.15, -0.1) is 16.4 Å². The Morgan fingerprint density at radius 1 is 1.50 bits per heavy atom. The minimum Gasteiger partial charge on any atom is -0.355 e. The van der Waals surface area contributed by atoms with Gasteiger partial charge in [0.2, 0.25) is 11.1 Å². The smallest absolute Gasteiger partial charge is 0.233 e. The molecule has 1 aliphatic rings. The third-order valence-electron chi connectivity index (χ3n) is 3.12. The second-order valence-electron chi connectivity index (χ2n) is 4.59. The first-order chi connectivity index (χ1) is 9.83. The predicted molar refractivity (Wildman–Crippen MR) is 77.7 cm³/mol. The van der Waals surface area contributed by atoms with Gasteiger partial charge in [0.05, 0.1) is 11.8 Å². The van der Waals surface area contributed by atoms with Gasteiger partial charge < -0.3 is 5.32 Å². The fourth-order valence-corrected chi connectivity index (χ4v) is 3.80. The molecule has 20 heavy (non-hydrogen) atoms. The summed E-state index contributed by atoms with van der Waals surface area (Å²) in [5.41, 5.74) is 0. The molecule has 3 heterocycles. The van der Waals surface area contributed by atoms with Crippen molar-refractivity contribution in [3.05, 3.63) is 22.4 Å². The molecule has 8 heteroatoms. The number of tetrazole rings is 1. The maximum absolute atomic E-state index is 12.0. The van der Waals surface area contributed by atoms with E-state index in [1.807, 2.05) is 11.4 Å². The number of nitrogens with one attached hydrogen (secondary N) is 1. The lowest BCUT2D eigenvalue weighted by atomic mass is 10.2. The number of rotatable bonds is 4. The quantitative estimate of drug-likeness (QED) is 0.927. The number of amides is 1. The fourth-order valence-electron chi connectivity index (χ4n) is 2.08. The van der Waals surface area contributed by atoms with E-state index in [0.717, 1.165) is 25.8 Å². The molecule has 6 nitrogen and oxygen atoms in total. The highest BCUT2D eigenvalue weighted by Crippen LogP contribution is 2.26. The van der Waals surface area contributed by atoms with Gasteiger partial charge in [-0.05, 0) is 34.7 Å². The van der Waals surface area contributed by atoms with Crippen molar-refractivity contribution in [1.29, 1.82) is 0 Å². The number of nitrogens with zero attached hydrogens (tertiary/aromatic N) is 4. The van der Waals surface area contributed by atoms with Gasteiger partial charge in [0.25, 0.3) is 0 Å². The van der Waals surface area contributed by atoms with E-state index in [0.29, 0.717) is 11.7 Å². The van der Waals surface area contributed by atoms with Crippen LogP contribution in [0.2, 0.25) is 0 Å². The third kappa shape index (κ3) is 3.18. The van der Waals surface area contributed by atoms with Crippen molar-refractivity contribution < 1.29 is 4.79 Å². The first-order valence-electron chi connectivity index (χ1n) is 6.56. The summed E-state index contributed by atoms with van der Waals surface area (Å²) in [6, 6.07) is 4.06. The highest BCUT2D eigenvalue weighted by molar-refractivity contribution is 8.00. The summed E-state index contributed by atoms with van der Waals surface area (Å²) >= 11 is 3.14. The Balaban J connectivity index is 1.71. The lowest BCUT2D eigenvalue weighted by Crippen LogP contribution is -2.30. The summed E-state index contributed by atoms with van der Waals surface area (Å²) < 4.78 is 1.76. The summed E-state index contributed by atoms with van der Waals surface area (Å²) in [6.45, 7) is 1.43. The van der Waals surface area contributed by atoms with Crippen molar-refractivity contribution in [2.24, 2.45) is 0 Å². The third-order valence-corrected chi connectivity index (χ3v) is 5.22.